The Morgan fingerprint density at radius 2 is 1.78 bits per heavy atom. The van der Waals surface area contributed by atoms with E-state index in [0.29, 0.717) is 28.9 Å². The second-order valence-electron chi connectivity index (χ2n) is 9.86. The summed E-state index contributed by atoms with van der Waals surface area (Å²) in [5.41, 5.74) is 1.91. The number of hydrogen-bond donors (Lipinski definition) is 1. The van der Waals surface area contributed by atoms with Crippen LogP contribution in [0, 0.1) is 11.2 Å². The van der Waals surface area contributed by atoms with Crippen molar-refractivity contribution in [2.45, 2.75) is 32.5 Å². The molecular formula is C26H31FN6O3. The molecule has 5 rings (SSSR count). The van der Waals surface area contributed by atoms with E-state index < -0.39 is 11.7 Å². The Kier molecular flexibility index (Phi) is 6.72. The molecule has 0 radical (unpaired) electrons. The first kappa shape index (κ1) is 24.3. The van der Waals surface area contributed by atoms with Crippen LogP contribution in [0.2, 0.25) is 0 Å². The smallest absolute Gasteiger partial charge is 0.232 e. The average Bonchev–Trinajstić information content (AvgIpc) is 3.35. The van der Waals surface area contributed by atoms with Crippen LogP contribution in [0.5, 0.6) is 0 Å². The highest BCUT2D eigenvalue weighted by atomic mass is 19.1. The van der Waals surface area contributed by atoms with Crippen molar-refractivity contribution in [2.75, 3.05) is 45.3 Å². The molecule has 190 valence electrons. The first-order chi connectivity index (χ1) is 17.3. The van der Waals surface area contributed by atoms with E-state index in [-0.39, 0.29) is 24.9 Å². The summed E-state index contributed by atoms with van der Waals surface area (Å²) in [6, 6.07) is 7.99. The molecule has 0 atom stereocenters. The maximum Gasteiger partial charge on any atom is 0.232 e. The molecule has 36 heavy (non-hydrogen) atoms. The zero-order valence-corrected chi connectivity index (χ0v) is 20.8. The van der Waals surface area contributed by atoms with Crippen LogP contribution in [-0.4, -0.2) is 71.1 Å². The molecule has 1 N–H and O–H groups in total. The summed E-state index contributed by atoms with van der Waals surface area (Å²) in [7, 11) is 3.43. The number of halogens is 1. The molecule has 0 bridgehead atoms. The lowest BCUT2D eigenvalue weighted by molar-refractivity contribution is -0.233. The molecule has 0 spiro atoms. The highest BCUT2D eigenvalue weighted by molar-refractivity contribution is 5.82. The van der Waals surface area contributed by atoms with Crippen molar-refractivity contribution in [1.82, 2.24) is 24.8 Å². The van der Waals surface area contributed by atoms with Crippen LogP contribution in [-0.2, 0) is 14.3 Å². The van der Waals surface area contributed by atoms with Crippen molar-refractivity contribution in [3.63, 3.8) is 0 Å². The lowest BCUT2D eigenvalue weighted by Gasteiger charge is -2.36. The molecule has 9 nitrogen and oxygen atoms in total. The highest BCUT2D eigenvalue weighted by Gasteiger charge is 2.41. The van der Waals surface area contributed by atoms with Gasteiger partial charge >= 0.3 is 0 Å². The SMILES string of the molecule is CN(C)C(=O)C1(C)COC(c2nc(-c3ccc(F)cc3)c(-c3ccnc(N4CCCCC4)n3)[nH]2)OC1. The van der Waals surface area contributed by atoms with Gasteiger partial charge in [0.25, 0.3) is 0 Å². The Morgan fingerprint density at radius 3 is 2.44 bits per heavy atom. The first-order valence-corrected chi connectivity index (χ1v) is 12.2. The van der Waals surface area contributed by atoms with Gasteiger partial charge in [-0.05, 0) is 56.5 Å². The predicted molar refractivity (Wildman–Crippen MR) is 133 cm³/mol. The molecular weight excluding hydrogens is 463 g/mol. The van der Waals surface area contributed by atoms with E-state index in [2.05, 4.69) is 14.9 Å². The van der Waals surface area contributed by atoms with E-state index in [1.54, 1.807) is 37.3 Å². The molecule has 2 aliphatic rings. The van der Waals surface area contributed by atoms with E-state index in [1.807, 2.05) is 13.0 Å². The largest absolute Gasteiger partial charge is 0.348 e. The van der Waals surface area contributed by atoms with Gasteiger partial charge in [-0.1, -0.05) is 0 Å². The van der Waals surface area contributed by atoms with Gasteiger partial charge in [0.2, 0.25) is 18.1 Å². The Morgan fingerprint density at radius 1 is 1.08 bits per heavy atom. The number of rotatable bonds is 5. The summed E-state index contributed by atoms with van der Waals surface area (Å²) < 4.78 is 25.6. The first-order valence-electron chi connectivity index (χ1n) is 12.2. The van der Waals surface area contributed by atoms with E-state index >= 15 is 0 Å². The Labute approximate surface area is 209 Å². The summed E-state index contributed by atoms with van der Waals surface area (Å²) >= 11 is 0. The summed E-state index contributed by atoms with van der Waals surface area (Å²) in [6.07, 6.45) is 4.43. The Bertz CT molecular complexity index is 1210. The normalized spacial score (nSPS) is 22.4. The van der Waals surface area contributed by atoms with Crippen LogP contribution in [0.1, 0.15) is 38.3 Å². The standard InChI is InChI=1S/C26H31FN6O3/c1-26(24(34)32(2)3)15-35-23(36-16-26)22-30-20(17-7-9-18(27)10-8-17)21(31-22)19-11-12-28-25(29-19)33-13-5-4-6-14-33/h7-12,23H,4-6,13-16H2,1-3H3,(H,30,31). The number of anilines is 1. The van der Waals surface area contributed by atoms with Gasteiger partial charge in [-0.25, -0.2) is 19.3 Å². The third kappa shape index (κ3) is 4.83. The monoisotopic (exact) mass is 494 g/mol. The van der Waals surface area contributed by atoms with Crippen molar-refractivity contribution in [2.24, 2.45) is 5.41 Å². The molecule has 0 aliphatic carbocycles. The molecule has 3 aromatic rings. The molecule has 4 heterocycles. The van der Waals surface area contributed by atoms with E-state index in [0.717, 1.165) is 31.5 Å². The number of nitrogens with one attached hydrogen (secondary N) is 1. The van der Waals surface area contributed by atoms with E-state index in [4.69, 9.17) is 19.4 Å². The number of H-pyrrole nitrogens is 1. The van der Waals surface area contributed by atoms with Crippen LogP contribution in [0.4, 0.5) is 10.3 Å². The quantitative estimate of drug-likeness (QED) is 0.576. The number of nitrogens with zero attached hydrogens (tertiary/aromatic N) is 5. The van der Waals surface area contributed by atoms with Gasteiger partial charge in [0.05, 0.1) is 35.7 Å². The van der Waals surface area contributed by atoms with Gasteiger partial charge < -0.3 is 24.3 Å². The third-order valence-corrected chi connectivity index (χ3v) is 6.63. The summed E-state index contributed by atoms with van der Waals surface area (Å²) in [5, 5.41) is 0. The average molecular weight is 495 g/mol. The number of carbonyl (C=O) groups excluding carboxylic acids is 1. The third-order valence-electron chi connectivity index (χ3n) is 6.63. The van der Waals surface area contributed by atoms with Crippen molar-refractivity contribution < 1.29 is 18.7 Å². The van der Waals surface area contributed by atoms with Gasteiger partial charge in [-0.3, -0.25) is 4.79 Å². The number of aromatic amines is 1. The highest BCUT2D eigenvalue weighted by Crippen LogP contribution is 2.36. The fourth-order valence-electron chi connectivity index (χ4n) is 4.67. The topological polar surface area (TPSA) is 96.5 Å². The van der Waals surface area contributed by atoms with Crippen molar-refractivity contribution in [1.29, 1.82) is 0 Å². The van der Waals surface area contributed by atoms with Crippen LogP contribution in [0.25, 0.3) is 22.6 Å². The molecule has 1 aromatic carbocycles. The minimum atomic E-state index is -0.774. The number of piperidine rings is 1. The number of amides is 1. The van der Waals surface area contributed by atoms with Crippen molar-refractivity contribution in [3.05, 3.63) is 48.2 Å². The van der Waals surface area contributed by atoms with Gasteiger partial charge in [0.1, 0.15) is 5.82 Å². The van der Waals surface area contributed by atoms with Gasteiger partial charge in [0.15, 0.2) is 5.82 Å². The maximum atomic E-state index is 13.7. The summed E-state index contributed by atoms with van der Waals surface area (Å²) in [6.45, 7) is 4.08. The second kappa shape index (κ2) is 9.94. The number of aromatic nitrogens is 4. The molecule has 0 unspecified atom stereocenters. The summed E-state index contributed by atoms with van der Waals surface area (Å²) in [4.78, 5) is 33.7. The number of carbonyl (C=O) groups is 1. The molecule has 2 aromatic heterocycles. The van der Waals surface area contributed by atoms with Crippen LogP contribution in [0.15, 0.2) is 36.5 Å². The Hall–Kier alpha value is -3.37. The van der Waals surface area contributed by atoms with Gasteiger partial charge in [-0.15, -0.1) is 0 Å². The molecule has 10 heteroatoms. The van der Waals surface area contributed by atoms with E-state index in [9.17, 15) is 9.18 Å². The van der Waals surface area contributed by atoms with E-state index in [1.165, 1.54) is 18.6 Å². The Balaban J connectivity index is 1.48. The second-order valence-corrected chi connectivity index (χ2v) is 9.86. The molecule has 2 saturated heterocycles. The zero-order valence-electron chi connectivity index (χ0n) is 20.8. The predicted octanol–water partition coefficient (Wildman–Crippen LogP) is 3.80. The maximum absolute atomic E-state index is 13.7. The number of imidazole rings is 1. The molecule has 2 fully saturated rings. The number of benzene rings is 1. The van der Waals surface area contributed by atoms with Gasteiger partial charge in [0, 0.05) is 38.9 Å². The number of ether oxygens (including phenoxy) is 2. The molecule has 0 saturated carbocycles. The van der Waals surface area contributed by atoms with Crippen LogP contribution < -0.4 is 4.90 Å². The van der Waals surface area contributed by atoms with Gasteiger partial charge in [-0.2, -0.15) is 0 Å². The van der Waals surface area contributed by atoms with Crippen molar-refractivity contribution >= 4 is 11.9 Å². The van der Waals surface area contributed by atoms with Crippen LogP contribution in [0.3, 0.4) is 0 Å². The van der Waals surface area contributed by atoms with Crippen LogP contribution >= 0.6 is 0 Å². The minimum Gasteiger partial charge on any atom is -0.348 e. The fraction of sp³-hybridized carbons (Fsp3) is 0.462. The number of hydrogen-bond acceptors (Lipinski definition) is 7. The lowest BCUT2D eigenvalue weighted by Crippen LogP contribution is -2.48. The molecule has 2 aliphatic heterocycles. The molecule has 1 amide bonds. The fourth-order valence-corrected chi connectivity index (χ4v) is 4.67. The van der Waals surface area contributed by atoms with Crippen molar-refractivity contribution in [3.8, 4) is 22.6 Å². The zero-order chi connectivity index (χ0) is 25.3. The minimum absolute atomic E-state index is 0.0562. The lowest BCUT2D eigenvalue weighted by atomic mass is 9.90. The summed E-state index contributed by atoms with van der Waals surface area (Å²) in [5.74, 6) is 0.756.